The first-order valence-corrected chi connectivity index (χ1v) is 10.8. The van der Waals surface area contributed by atoms with Crippen LogP contribution < -0.4 is 4.74 Å². The van der Waals surface area contributed by atoms with Crippen molar-refractivity contribution in [2.45, 2.75) is 32.1 Å². The van der Waals surface area contributed by atoms with Gasteiger partial charge in [-0.2, -0.15) is 0 Å². The van der Waals surface area contributed by atoms with Gasteiger partial charge in [-0.15, -0.1) is 23.1 Å². The smallest absolute Gasteiger partial charge is 0.329 e. The van der Waals surface area contributed by atoms with Crippen molar-refractivity contribution in [1.29, 1.82) is 0 Å². The lowest BCUT2D eigenvalue weighted by Gasteiger charge is -2.17. The molecule has 0 fully saturated rings. The zero-order valence-electron chi connectivity index (χ0n) is 15.5. The fourth-order valence-corrected chi connectivity index (χ4v) is 5.12. The Hall–Kier alpha value is -2.49. The van der Waals surface area contributed by atoms with E-state index in [1.807, 2.05) is 24.3 Å². The number of hydrogen-bond donors (Lipinski definition) is 1. The molecule has 1 N–H and O–H groups in total. The molecule has 1 aliphatic carbocycles. The van der Waals surface area contributed by atoms with Gasteiger partial charge in [0.05, 0.1) is 18.4 Å². The maximum absolute atomic E-state index is 11.1. The Morgan fingerprint density at radius 2 is 2.07 bits per heavy atom. The van der Waals surface area contributed by atoms with Crippen LogP contribution in [0.5, 0.6) is 5.75 Å². The van der Waals surface area contributed by atoms with E-state index >= 15 is 0 Å². The number of ether oxygens (including phenoxy) is 2. The summed E-state index contributed by atoms with van der Waals surface area (Å²) in [6.07, 6.45) is 4.59. The van der Waals surface area contributed by atoms with Crippen molar-refractivity contribution in [1.82, 2.24) is 4.98 Å². The summed E-state index contributed by atoms with van der Waals surface area (Å²) >= 11 is 2.98. The third kappa shape index (κ3) is 4.75. The van der Waals surface area contributed by atoms with Crippen molar-refractivity contribution in [2.75, 3.05) is 5.75 Å². The molecule has 29 heavy (non-hydrogen) atoms. The number of thiazole rings is 1. The number of benzene rings is 1. The number of nitrogens with zero attached hydrogens (tertiary/aromatic N) is 2. The lowest BCUT2D eigenvalue weighted by atomic mass is 10.1. The van der Waals surface area contributed by atoms with Crippen molar-refractivity contribution < 1.29 is 24.2 Å². The summed E-state index contributed by atoms with van der Waals surface area (Å²) in [6.45, 7) is 1.81. The van der Waals surface area contributed by atoms with Crippen LogP contribution in [0.25, 0.3) is 6.08 Å². The van der Waals surface area contributed by atoms with Crippen LogP contribution in [0.15, 0.2) is 35.3 Å². The van der Waals surface area contributed by atoms with Gasteiger partial charge in [0.2, 0.25) is 0 Å². The summed E-state index contributed by atoms with van der Waals surface area (Å²) in [4.78, 5) is 32.0. The molecule has 1 aromatic carbocycles. The molecule has 0 amide bonds. The lowest BCUT2D eigenvalue weighted by molar-refractivity contribution is -0.137. The fraction of sp³-hybridized carbons (Fsp3) is 0.300. The van der Waals surface area contributed by atoms with E-state index in [1.165, 1.54) is 18.7 Å². The van der Waals surface area contributed by atoms with Crippen molar-refractivity contribution in [2.24, 2.45) is 4.99 Å². The summed E-state index contributed by atoms with van der Waals surface area (Å²) in [5.41, 5.74) is 1.89. The molecule has 1 aromatic heterocycles. The predicted molar refractivity (Wildman–Crippen MR) is 112 cm³/mol. The monoisotopic (exact) mass is 430 g/mol. The maximum atomic E-state index is 11.1. The van der Waals surface area contributed by atoms with Crippen molar-refractivity contribution in [3.63, 3.8) is 0 Å². The molecule has 2 atom stereocenters. The number of carbonyl (C=O) groups excluding carboxylic acids is 1. The van der Waals surface area contributed by atoms with Crippen LogP contribution in [0.3, 0.4) is 0 Å². The molecule has 7 nitrogen and oxygen atoms in total. The van der Waals surface area contributed by atoms with Gasteiger partial charge in [-0.05, 0) is 23.8 Å². The zero-order chi connectivity index (χ0) is 20.4. The number of carboxylic acid groups (broad SMARTS) is 1. The zero-order valence-corrected chi connectivity index (χ0v) is 17.2. The predicted octanol–water partition coefficient (Wildman–Crippen LogP) is 3.17. The first kappa shape index (κ1) is 19.8. The van der Waals surface area contributed by atoms with E-state index in [9.17, 15) is 9.59 Å². The van der Waals surface area contributed by atoms with Crippen molar-refractivity contribution >= 4 is 46.2 Å². The third-order valence-corrected chi connectivity index (χ3v) is 6.63. The van der Waals surface area contributed by atoms with Gasteiger partial charge < -0.3 is 14.6 Å². The SMILES string of the molecule is CC(=O)Oc1ccc(COC2C=Cc3nc(C4=N[C@@H](C(=O)O)CS4)sc3C2)cc1. The number of carbonyl (C=O) groups is 2. The van der Waals surface area contributed by atoms with Gasteiger partial charge in [-0.25, -0.2) is 9.78 Å². The fourth-order valence-electron chi connectivity index (χ4n) is 2.94. The standard InChI is InChI=1S/C20H18N2O5S2/c1-11(23)27-13-4-2-12(3-5-13)9-26-14-6-7-15-17(8-14)29-19(21-15)18-22-16(10-28-18)20(24)25/h2-7,14,16H,8-10H2,1H3,(H,24,25)/t14?,16-/m1/s1. The van der Waals surface area contributed by atoms with Crippen LogP contribution in [0.4, 0.5) is 0 Å². The van der Waals surface area contributed by atoms with Gasteiger partial charge in [0.1, 0.15) is 15.8 Å². The lowest BCUT2D eigenvalue weighted by Crippen LogP contribution is -2.17. The molecule has 9 heteroatoms. The number of esters is 1. The molecular formula is C20H18N2O5S2. The minimum absolute atomic E-state index is 0.0612. The number of aliphatic imine (C=N–C) groups is 1. The average Bonchev–Trinajstić information content (AvgIpc) is 3.33. The second-order valence-corrected chi connectivity index (χ2v) is 8.67. The second-order valence-electron chi connectivity index (χ2n) is 6.58. The van der Waals surface area contributed by atoms with E-state index in [-0.39, 0.29) is 12.1 Å². The van der Waals surface area contributed by atoms with Crippen LogP contribution >= 0.6 is 23.1 Å². The summed E-state index contributed by atoms with van der Waals surface area (Å²) < 4.78 is 11.0. The van der Waals surface area contributed by atoms with E-state index in [2.05, 4.69) is 9.98 Å². The first-order chi connectivity index (χ1) is 14.0. The average molecular weight is 431 g/mol. The van der Waals surface area contributed by atoms with Gasteiger partial charge >= 0.3 is 11.9 Å². The Labute approximate surface area is 175 Å². The minimum atomic E-state index is -0.900. The minimum Gasteiger partial charge on any atom is -0.480 e. The van der Waals surface area contributed by atoms with E-state index in [0.29, 0.717) is 23.2 Å². The van der Waals surface area contributed by atoms with Crippen molar-refractivity contribution in [3.05, 3.63) is 51.5 Å². The third-order valence-electron chi connectivity index (χ3n) is 4.35. The van der Waals surface area contributed by atoms with Crippen LogP contribution in [0.2, 0.25) is 0 Å². The van der Waals surface area contributed by atoms with Gasteiger partial charge in [0.25, 0.3) is 0 Å². The topological polar surface area (TPSA) is 98.1 Å². The highest BCUT2D eigenvalue weighted by Crippen LogP contribution is 2.32. The second kappa shape index (κ2) is 8.48. The summed E-state index contributed by atoms with van der Waals surface area (Å²) in [5.74, 6) is -0.282. The largest absolute Gasteiger partial charge is 0.480 e. The number of hydrogen-bond acceptors (Lipinski definition) is 8. The molecule has 0 spiro atoms. The highest BCUT2D eigenvalue weighted by Gasteiger charge is 2.28. The van der Waals surface area contributed by atoms with Gasteiger partial charge in [0, 0.05) is 24.0 Å². The Kier molecular flexibility index (Phi) is 5.79. The van der Waals surface area contributed by atoms with Crippen LogP contribution in [-0.2, 0) is 27.4 Å². The summed E-state index contributed by atoms with van der Waals surface area (Å²) in [7, 11) is 0. The van der Waals surface area contributed by atoms with E-state index in [4.69, 9.17) is 14.6 Å². The molecule has 2 aromatic rings. The summed E-state index contributed by atoms with van der Waals surface area (Å²) in [6, 6.07) is 6.55. The van der Waals surface area contributed by atoms with Crippen LogP contribution in [-0.4, -0.2) is 45.0 Å². The number of aromatic nitrogens is 1. The highest BCUT2D eigenvalue weighted by atomic mass is 32.2. The maximum Gasteiger partial charge on any atom is 0.329 e. The molecule has 1 unspecified atom stereocenters. The molecule has 2 heterocycles. The molecule has 2 aliphatic rings. The molecule has 1 aliphatic heterocycles. The molecule has 0 saturated carbocycles. The highest BCUT2D eigenvalue weighted by molar-refractivity contribution is 8.15. The molecule has 0 bridgehead atoms. The van der Waals surface area contributed by atoms with Crippen LogP contribution in [0.1, 0.15) is 28.1 Å². The van der Waals surface area contributed by atoms with Crippen molar-refractivity contribution in [3.8, 4) is 5.75 Å². The van der Waals surface area contributed by atoms with Gasteiger partial charge in [-0.3, -0.25) is 9.79 Å². The molecule has 0 saturated heterocycles. The Morgan fingerprint density at radius 3 is 2.76 bits per heavy atom. The molecule has 150 valence electrons. The van der Waals surface area contributed by atoms with Gasteiger partial charge in [-0.1, -0.05) is 18.2 Å². The van der Waals surface area contributed by atoms with E-state index < -0.39 is 12.0 Å². The normalized spacial score (nSPS) is 20.2. The molecule has 0 radical (unpaired) electrons. The number of thioether (sulfide) groups is 1. The van der Waals surface area contributed by atoms with E-state index in [0.717, 1.165) is 27.6 Å². The number of aliphatic carboxylic acids is 1. The van der Waals surface area contributed by atoms with E-state index in [1.54, 1.807) is 23.5 Å². The quantitative estimate of drug-likeness (QED) is 0.555. The Balaban J connectivity index is 1.36. The number of fused-ring (bicyclic) bond motifs is 1. The Bertz CT molecular complexity index is 997. The number of rotatable bonds is 6. The summed E-state index contributed by atoms with van der Waals surface area (Å²) in [5, 5.41) is 10.6. The first-order valence-electron chi connectivity index (χ1n) is 8.98. The van der Waals surface area contributed by atoms with Gasteiger partial charge in [0.15, 0.2) is 6.04 Å². The van der Waals surface area contributed by atoms with Crippen LogP contribution in [0, 0.1) is 0 Å². The Morgan fingerprint density at radius 1 is 1.28 bits per heavy atom. The number of carboxylic acids is 1. The molecular weight excluding hydrogens is 412 g/mol. The molecule has 4 rings (SSSR count).